The molecular formula is C29H46O6. The Bertz CT molecular complexity index is 833. The molecule has 0 spiro atoms. The monoisotopic (exact) mass is 490 g/mol. The van der Waals surface area contributed by atoms with Gasteiger partial charge in [-0.25, -0.2) is 4.79 Å². The van der Waals surface area contributed by atoms with E-state index >= 15 is 0 Å². The van der Waals surface area contributed by atoms with Gasteiger partial charge in [-0.05, 0) is 73.5 Å². The number of carboxylic acid groups (broad SMARTS) is 1. The van der Waals surface area contributed by atoms with Crippen LogP contribution < -0.4 is 0 Å². The minimum absolute atomic E-state index is 0.00165. The Hall–Kier alpha value is -1.72. The van der Waals surface area contributed by atoms with Gasteiger partial charge >= 0.3 is 11.9 Å². The fourth-order valence-electron chi connectivity index (χ4n) is 8.26. The van der Waals surface area contributed by atoms with Crippen LogP contribution in [0.5, 0.6) is 0 Å². The highest BCUT2D eigenvalue weighted by Crippen LogP contribution is 2.64. The second-order valence-corrected chi connectivity index (χ2v) is 12.8. The van der Waals surface area contributed by atoms with E-state index in [-0.39, 0.29) is 29.5 Å². The first-order valence-corrected chi connectivity index (χ1v) is 13.8. The standard InChI is InChI=1S/C29H46O6/c1-17(2)8-7-9-18(3)21-10-11-22-25(26(32)27(33)34)23(13-15-28(21,22)5)29(6)14-12-20(16-24(29)31)35-19(4)30/h17-18,20-23,25H,7-16H2,1-6H3,(H,33,34)/t18-,20+,21-,22+,23+,25+,28-,29-/m1/s1. The van der Waals surface area contributed by atoms with Crippen LogP contribution in [-0.4, -0.2) is 34.7 Å². The summed E-state index contributed by atoms with van der Waals surface area (Å²) in [5.41, 5.74) is -0.827. The van der Waals surface area contributed by atoms with E-state index in [2.05, 4.69) is 27.7 Å². The van der Waals surface area contributed by atoms with Crippen molar-refractivity contribution in [1.29, 1.82) is 0 Å². The molecule has 0 aliphatic heterocycles. The Balaban J connectivity index is 1.84. The van der Waals surface area contributed by atoms with Crippen molar-refractivity contribution in [2.45, 2.75) is 112 Å². The van der Waals surface area contributed by atoms with Crippen molar-refractivity contribution in [2.75, 3.05) is 0 Å². The number of Topliss-reactive ketones (excluding diaryl/α,β-unsaturated/α-hetero) is 2. The van der Waals surface area contributed by atoms with Gasteiger partial charge in [0.15, 0.2) is 0 Å². The van der Waals surface area contributed by atoms with Gasteiger partial charge in [-0.15, -0.1) is 0 Å². The Kier molecular flexibility index (Phi) is 8.53. The molecule has 3 aliphatic carbocycles. The molecule has 0 unspecified atom stereocenters. The number of hydrogen-bond acceptors (Lipinski definition) is 5. The maximum absolute atomic E-state index is 13.4. The molecule has 3 aliphatic rings. The highest BCUT2D eigenvalue weighted by molar-refractivity contribution is 6.33. The van der Waals surface area contributed by atoms with Crippen LogP contribution >= 0.6 is 0 Å². The first kappa shape index (κ1) is 27.9. The molecule has 0 amide bonds. The Morgan fingerprint density at radius 1 is 1.00 bits per heavy atom. The van der Waals surface area contributed by atoms with Gasteiger partial charge in [0.05, 0.1) is 0 Å². The number of rotatable bonds is 9. The first-order chi connectivity index (χ1) is 16.3. The molecule has 0 radical (unpaired) electrons. The molecule has 35 heavy (non-hydrogen) atoms. The van der Waals surface area contributed by atoms with Crippen LogP contribution in [0.15, 0.2) is 0 Å². The molecule has 0 aromatic carbocycles. The normalized spacial score (nSPS) is 38.1. The quantitative estimate of drug-likeness (QED) is 0.321. The topological polar surface area (TPSA) is 97.7 Å². The summed E-state index contributed by atoms with van der Waals surface area (Å²) >= 11 is 0. The number of carboxylic acids is 1. The minimum atomic E-state index is -1.37. The first-order valence-electron chi connectivity index (χ1n) is 13.8. The molecule has 0 bridgehead atoms. The summed E-state index contributed by atoms with van der Waals surface area (Å²) in [5.74, 6) is -1.66. The number of aliphatic carboxylic acids is 1. The van der Waals surface area contributed by atoms with E-state index < -0.39 is 35.2 Å². The molecule has 0 saturated heterocycles. The van der Waals surface area contributed by atoms with Crippen molar-refractivity contribution in [3.63, 3.8) is 0 Å². The lowest BCUT2D eigenvalue weighted by atomic mass is 9.49. The highest BCUT2D eigenvalue weighted by Gasteiger charge is 2.61. The molecule has 3 fully saturated rings. The number of esters is 1. The van der Waals surface area contributed by atoms with Gasteiger partial charge in [-0.1, -0.05) is 53.9 Å². The summed E-state index contributed by atoms with van der Waals surface area (Å²) in [7, 11) is 0. The summed E-state index contributed by atoms with van der Waals surface area (Å²) in [5, 5.41) is 9.80. The lowest BCUT2D eigenvalue weighted by Crippen LogP contribution is -2.54. The maximum atomic E-state index is 13.4. The van der Waals surface area contributed by atoms with E-state index in [0.29, 0.717) is 37.0 Å². The molecule has 198 valence electrons. The van der Waals surface area contributed by atoms with Crippen LogP contribution in [0.2, 0.25) is 0 Å². The number of hydrogen-bond donors (Lipinski definition) is 1. The van der Waals surface area contributed by atoms with Gasteiger partial charge in [-0.3, -0.25) is 14.4 Å². The molecule has 0 aromatic rings. The average Bonchev–Trinajstić information content (AvgIpc) is 3.11. The zero-order chi connectivity index (χ0) is 26.1. The van der Waals surface area contributed by atoms with Gasteiger partial charge in [0.25, 0.3) is 0 Å². The van der Waals surface area contributed by atoms with Crippen molar-refractivity contribution in [3.8, 4) is 0 Å². The van der Waals surface area contributed by atoms with Crippen LogP contribution in [0.4, 0.5) is 0 Å². The second-order valence-electron chi connectivity index (χ2n) is 12.8. The summed E-state index contributed by atoms with van der Waals surface area (Å²) in [6, 6.07) is 0. The molecular weight excluding hydrogens is 444 g/mol. The van der Waals surface area contributed by atoms with E-state index in [1.807, 2.05) is 6.92 Å². The second kappa shape index (κ2) is 10.7. The third-order valence-corrected chi connectivity index (χ3v) is 10.2. The van der Waals surface area contributed by atoms with Crippen molar-refractivity contribution < 1.29 is 29.0 Å². The summed E-state index contributed by atoms with van der Waals surface area (Å²) in [4.78, 5) is 50.1. The minimum Gasteiger partial charge on any atom is -0.475 e. The Morgan fingerprint density at radius 2 is 1.69 bits per heavy atom. The van der Waals surface area contributed by atoms with Crippen LogP contribution in [0, 0.1) is 46.3 Å². The van der Waals surface area contributed by atoms with Crippen LogP contribution in [0.3, 0.4) is 0 Å². The summed E-state index contributed by atoms with van der Waals surface area (Å²) in [6.45, 7) is 12.4. The SMILES string of the molecule is CC(=O)O[C@H]1CC[C@](C)([C@H]2CC[C@]3(C)[C@@H]([C@H](C)CCCC(C)C)CC[C@H]3[C@@H]2C(=O)C(=O)O)C(=O)C1. The fourth-order valence-corrected chi connectivity index (χ4v) is 8.26. The van der Waals surface area contributed by atoms with Crippen molar-refractivity contribution in [2.24, 2.45) is 46.3 Å². The molecule has 3 saturated carbocycles. The van der Waals surface area contributed by atoms with E-state index in [1.54, 1.807) is 0 Å². The molecule has 0 aromatic heterocycles. The van der Waals surface area contributed by atoms with E-state index in [0.717, 1.165) is 19.3 Å². The molecule has 6 nitrogen and oxygen atoms in total. The molecule has 1 N–H and O–H groups in total. The smallest absolute Gasteiger partial charge is 0.372 e. The van der Waals surface area contributed by atoms with Crippen LogP contribution in [-0.2, 0) is 23.9 Å². The highest BCUT2D eigenvalue weighted by atomic mass is 16.5. The number of ketones is 2. The number of carbonyl (C=O) groups excluding carboxylic acids is 3. The van der Waals surface area contributed by atoms with Crippen molar-refractivity contribution >= 4 is 23.5 Å². The van der Waals surface area contributed by atoms with E-state index in [4.69, 9.17) is 4.74 Å². The van der Waals surface area contributed by atoms with E-state index in [9.17, 15) is 24.3 Å². The third-order valence-electron chi connectivity index (χ3n) is 10.2. The van der Waals surface area contributed by atoms with Gasteiger partial charge < -0.3 is 9.84 Å². The average molecular weight is 491 g/mol. The largest absolute Gasteiger partial charge is 0.475 e. The van der Waals surface area contributed by atoms with Crippen LogP contribution in [0.1, 0.15) is 106 Å². The van der Waals surface area contributed by atoms with E-state index in [1.165, 1.54) is 26.2 Å². The van der Waals surface area contributed by atoms with Gasteiger partial charge in [0.2, 0.25) is 5.78 Å². The number of ether oxygens (including phenoxy) is 1. The lowest BCUT2D eigenvalue weighted by molar-refractivity contribution is -0.164. The Labute approximate surface area is 210 Å². The summed E-state index contributed by atoms with van der Waals surface area (Å²) in [6.07, 6.45) is 7.93. The van der Waals surface area contributed by atoms with Crippen molar-refractivity contribution in [1.82, 2.24) is 0 Å². The van der Waals surface area contributed by atoms with Gasteiger partial charge in [0.1, 0.15) is 11.9 Å². The maximum Gasteiger partial charge on any atom is 0.372 e. The Morgan fingerprint density at radius 3 is 2.26 bits per heavy atom. The predicted molar refractivity (Wildman–Crippen MR) is 134 cm³/mol. The predicted octanol–water partition coefficient (Wildman–Crippen LogP) is 5.85. The third kappa shape index (κ3) is 5.51. The number of carbonyl (C=O) groups is 4. The molecule has 8 atom stereocenters. The number of fused-ring (bicyclic) bond motifs is 1. The fraction of sp³-hybridized carbons (Fsp3) is 0.862. The molecule has 0 heterocycles. The summed E-state index contributed by atoms with van der Waals surface area (Å²) < 4.78 is 5.31. The van der Waals surface area contributed by atoms with Gasteiger partial charge in [-0.2, -0.15) is 0 Å². The zero-order valence-electron chi connectivity index (χ0n) is 22.6. The van der Waals surface area contributed by atoms with Crippen LogP contribution in [0.25, 0.3) is 0 Å². The van der Waals surface area contributed by atoms with Crippen molar-refractivity contribution in [3.05, 3.63) is 0 Å². The van der Waals surface area contributed by atoms with Gasteiger partial charge in [0, 0.05) is 24.7 Å². The lowest BCUT2D eigenvalue weighted by Gasteiger charge is -2.54. The molecule has 3 rings (SSSR count). The zero-order valence-corrected chi connectivity index (χ0v) is 22.6. The molecule has 6 heteroatoms.